The minimum atomic E-state index is -0.249. The van der Waals surface area contributed by atoms with Gasteiger partial charge in [-0.05, 0) is 33.2 Å². The van der Waals surface area contributed by atoms with E-state index in [1.54, 1.807) is 19.0 Å². The second-order valence-electron chi connectivity index (χ2n) is 7.25. The van der Waals surface area contributed by atoms with Gasteiger partial charge in [0.1, 0.15) is 5.76 Å². The van der Waals surface area contributed by atoms with Gasteiger partial charge in [-0.15, -0.1) is 0 Å². The number of piperidine rings is 1. The molecule has 0 unspecified atom stereocenters. The average Bonchev–Trinajstić information content (AvgIpc) is 2.86. The first-order valence-electron chi connectivity index (χ1n) is 8.64. The normalized spacial score (nSPS) is 25.2. The van der Waals surface area contributed by atoms with Crippen molar-refractivity contribution < 1.29 is 14.1 Å². The Hall–Kier alpha value is -1.60. The fraction of sp³-hybridized carbons (Fsp3) is 0.765. The van der Waals surface area contributed by atoms with Gasteiger partial charge in [-0.25, -0.2) is 4.79 Å². The van der Waals surface area contributed by atoms with Crippen LogP contribution in [-0.4, -0.2) is 78.4 Å². The Bertz CT molecular complexity index is 577. The third-order valence-electron chi connectivity index (χ3n) is 5.08. The lowest BCUT2D eigenvalue weighted by molar-refractivity contribution is -0.133. The monoisotopic (exact) mass is 336 g/mol. The molecule has 0 saturated carbocycles. The minimum Gasteiger partial charge on any atom is -0.370 e. The number of hydrogen-bond acceptors (Lipinski definition) is 5. The number of hydrogen-bond donors (Lipinski definition) is 0. The number of nitrogens with zero attached hydrogens (tertiary/aromatic N) is 4. The molecule has 0 aliphatic carbocycles. The largest absolute Gasteiger partial charge is 0.370 e. The van der Waals surface area contributed by atoms with E-state index in [0.29, 0.717) is 19.7 Å². The van der Waals surface area contributed by atoms with Crippen LogP contribution in [0.3, 0.4) is 0 Å². The van der Waals surface area contributed by atoms with Crippen molar-refractivity contribution in [2.45, 2.75) is 38.8 Å². The van der Waals surface area contributed by atoms with E-state index < -0.39 is 0 Å². The summed E-state index contributed by atoms with van der Waals surface area (Å²) in [5, 5.41) is 4.05. The lowest BCUT2D eigenvalue weighted by atomic mass is 9.90. The smallest absolute Gasteiger partial charge is 0.319 e. The minimum absolute atomic E-state index is 0.0699. The van der Waals surface area contributed by atoms with Crippen molar-refractivity contribution in [2.24, 2.45) is 0 Å². The van der Waals surface area contributed by atoms with E-state index in [1.165, 1.54) is 5.56 Å². The summed E-state index contributed by atoms with van der Waals surface area (Å²) in [4.78, 5) is 18.3. The first-order chi connectivity index (χ1) is 11.4. The molecule has 1 aromatic heterocycles. The number of carbonyl (C=O) groups excluding carboxylic acids is 1. The molecular formula is C17H28N4O3. The van der Waals surface area contributed by atoms with Crippen LogP contribution in [0.4, 0.5) is 4.79 Å². The summed E-state index contributed by atoms with van der Waals surface area (Å²) < 4.78 is 11.5. The zero-order valence-electron chi connectivity index (χ0n) is 15.2. The van der Waals surface area contributed by atoms with Crippen molar-refractivity contribution in [3.05, 3.63) is 17.0 Å². The zero-order valence-corrected chi connectivity index (χ0v) is 15.2. The second kappa shape index (κ2) is 6.72. The van der Waals surface area contributed by atoms with Crippen LogP contribution in [0.1, 0.15) is 29.9 Å². The molecule has 2 aliphatic heterocycles. The topological polar surface area (TPSA) is 62.1 Å². The molecule has 1 spiro atoms. The molecule has 3 heterocycles. The van der Waals surface area contributed by atoms with Gasteiger partial charge in [0.2, 0.25) is 0 Å². The SMILES string of the molecule is Cc1noc(C)c1CN1CCC[C@]2(C1)CN(C(=O)N(C)C)CCO2. The predicted molar refractivity (Wildman–Crippen MR) is 89.8 cm³/mol. The number of urea groups is 1. The number of ether oxygens (including phenoxy) is 1. The Kier molecular flexibility index (Phi) is 4.83. The Morgan fingerprint density at radius 1 is 1.29 bits per heavy atom. The lowest BCUT2D eigenvalue weighted by Gasteiger charge is -2.48. The molecule has 7 nitrogen and oxygen atoms in total. The molecule has 2 saturated heterocycles. The van der Waals surface area contributed by atoms with Crippen molar-refractivity contribution in [1.82, 2.24) is 19.9 Å². The van der Waals surface area contributed by atoms with Crippen LogP contribution < -0.4 is 0 Å². The van der Waals surface area contributed by atoms with E-state index in [4.69, 9.17) is 9.26 Å². The van der Waals surface area contributed by atoms with Crippen molar-refractivity contribution in [3.63, 3.8) is 0 Å². The van der Waals surface area contributed by atoms with E-state index in [0.717, 1.165) is 43.9 Å². The number of likely N-dealkylation sites (tertiary alicyclic amines) is 1. The molecule has 7 heteroatoms. The predicted octanol–water partition coefficient (Wildman–Crippen LogP) is 1.64. The van der Waals surface area contributed by atoms with Crippen LogP contribution in [0.25, 0.3) is 0 Å². The summed E-state index contributed by atoms with van der Waals surface area (Å²) in [6.45, 7) is 8.60. The summed E-state index contributed by atoms with van der Waals surface area (Å²) in [5.74, 6) is 0.890. The number of amides is 2. The Labute approximate surface area is 143 Å². The third kappa shape index (κ3) is 3.42. The molecule has 3 rings (SSSR count). The number of morpholine rings is 1. The van der Waals surface area contributed by atoms with Crippen LogP contribution >= 0.6 is 0 Å². The highest BCUT2D eigenvalue weighted by molar-refractivity contribution is 5.74. The van der Waals surface area contributed by atoms with Gasteiger partial charge in [-0.3, -0.25) is 4.90 Å². The number of carbonyl (C=O) groups is 1. The van der Waals surface area contributed by atoms with Gasteiger partial charge in [-0.1, -0.05) is 5.16 Å². The number of aromatic nitrogens is 1. The molecule has 1 atom stereocenters. The van der Waals surface area contributed by atoms with Gasteiger partial charge in [-0.2, -0.15) is 0 Å². The van der Waals surface area contributed by atoms with Gasteiger partial charge in [0.15, 0.2) is 0 Å². The van der Waals surface area contributed by atoms with E-state index in [-0.39, 0.29) is 11.6 Å². The molecule has 0 N–H and O–H groups in total. The zero-order chi connectivity index (χ0) is 17.3. The van der Waals surface area contributed by atoms with Gasteiger partial charge in [0.25, 0.3) is 0 Å². The summed E-state index contributed by atoms with van der Waals surface area (Å²) in [6.07, 6.45) is 2.08. The van der Waals surface area contributed by atoms with Gasteiger partial charge >= 0.3 is 6.03 Å². The summed E-state index contributed by atoms with van der Waals surface area (Å²) in [5.41, 5.74) is 1.88. The van der Waals surface area contributed by atoms with Crippen molar-refractivity contribution in [2.75, 3.05) is 46.9 Å². The maximum atomic E-state index is 12.3. The molecule has 1 aromatic rings. The first-order valence-corrected chi connectivity index (χ1v) is 8.64. The van der Waals surface area contributed by atoms with Crippen LogP contribution in [0.2, 0.25) is 0 Å². The van der Waals surface area contributed by atoms with Crippen LogP contribution in [0, 0.1) is 13.8 Å². The molecule has 0 bridgehead atoms. The van der Waals surface area contributed by atoms with Crippen LogP contribution in [-0.2, 0) is 11.3 Å². The highest BCUT2D eigenvalue weighted by Crippen LogP contribution is 2.30. The number of aryl methyl sites for hydroxylation is 2. The Morgan fingerprint density at radius 3 is 2.75 bits per heavy atom. The maximum absolute atomic E-state index is 12.3. The molecule has 0 radical (unpaired) electrons. The fourth-order valence-corrected chi connectivity index (χ4v) is 3.81. The van der Waals surface area contributed by atoms with E-state index >= 15 is 0 Å². The summed E-state index contributed by atoms with van der Waals surface area (Å²) >= 11 is 0. The highest BCUT2D eigenvalue weighted by Gasteiger charge is 2.42. The lowest BCUT2D eigenvalue weighted by Crippen LogP contribution is -2.61. The van der Waals surface area contributed by atoms with Crippen molar-refractivity contribution >= 4 is 6.03 Å². The molecule has 0 aromatic carbocycles. The Balaban J connectivity index is 1.69. The molecular weight excluding hydrogens is 308 g/mol. The van der Waals surface area contributed by atoms with Gasteiger partial charge < -0.3 is 19.1 Å². The molecule has 24 heavy (non-hydrogen) atoms. The molecule has 134 valence electrons. The second-order valence-corrected chi connectivity index (χ2v) is 7.25. The van der Waals surface area contributed by atoms with E-state index in [2.05, 4.69) is 10.1 Å². The van der Waals surface area contributed by atoms with Gasteiger partial charge in [0, 0.05) is 39.3 Å². The summed E-state index contributed by atoms with van der Waals surface area (Å²) in [7, 11) is 3.60. The maximum Gasteiger partial charge on any atom is 0.319 e. The average molecular weight is 336 g/mol. The van der Waals surface area contributed by atoms with Crippen molar-refractivity contribution in [3.8, 4) is 0 Å². The van der Waals surface area contributed by atoms with Crippen LogP contribution in [0.5, 0.6) is 0 Å². The first kappa shape index (κ1) is 17.2. The standard InChI is InChI=1S/C17H28N4O3/c1-13-15(14(2)24-18-13)10-20-7-5-6-17(11-20)12-21(8-9-23-17)16(22)19(3)4/h5-12H2,1-4H3/t17-/m0/s1. The van der Waals surface area contributed by atoms with Gasteiger partial charge in [0.05, 0.1) is 24.4 Å². The number of rotatable bonds is 2. The van der Waals surface area contributed by atoms with Crippen LogP contribution in [0.15, 0.2) is 4.52 Å². The van der Waals surface area contributed by atoms with Crippen molar-refractivity contribution in [1.29, 1.82) is 0 Å². The molecule has 2 amide bonds. The third-order valence-corrected chi connectivity index (χ3v) is 5.08. The van der Waals surface area contributed by atoms with E-state index in [9.17, 15) is 4.79 Å². The highest BCUT2D eigenvalue weighted by atomic mass is 16.5. The Morgan fingerprint density at radius 2 is 2.08 bits per heavy atom. The van der Waals surface area contributed by atoms with E-state index in [1.807, 2.05) is 18.7 Å². The quantitative estimate of drug-likeness (QED) is 0.822. The molecule has 2 fully saturated rings. The fourth-order valence-electron chi connectivity index (χ4n) is 3.81. The molecule has 2 aliphatic rings. The summed E-state index contributed by atoms with van der Waals surface area (Å²) in [6, 6.07) is 0.0699.